The molecule has 0 aromatic heterocycles. The summed E-state index contributed by atoms with van der Waals surface area (Å²) in [5.41, 5.74) is 9.55. The van der Waals surface area contributed by atoms with Crippen molar-refractivity contribution in [3.63, 3.8) is 0 Å². The third kappa shape index (κ3) is 4.05. The van der Waals surface area contributed by atoms with Gasteiger partial charge in [-0.05, 0) is 36.3 Å². The van der Waals surface area contributed by atoms with Crippen LogP contribution in [0.5, 0.6) is 0 Å². The second-order valence-electron chi connectivity index (χ2n) is 3.61. The molecule has 0 saturated carbocycles. The second kappa shape index (κ2) is 6.91. The maximum Gasteiger partial charge on any atom is 0.0258 e. The van der Waals surface area contributed by atoms with Gasteiger partial charge in [-0.2, -0.15) is 0 Å². The van der Waals surface area contributed by atoms with E-state index >= 15 is 0 Å². The van der Waals surface area contributed by atoms with Crippen LogP contribution in [0.3, 0.4) is 0 Å². The molecule has 0 aliphatic heterocycles. The van der Waals surface area contributed by atoms with Gasteiger partial charge in [0, 0.05) is 11.5 Å². The Hall–Kier alpha value is -1.47. The average molecular weight is 203 g/mol. The minimum Gasteiger partial charge on any atom is -0.0940 e. The molecule has 0 aliphatic rings. The van der Waals surface area contributed by atoms with Gasteiger partial charge in [-0.1, -0.05) is 42.4 Å². The Bertz CT molecular complexity index is 315. The number of rotatable bonds is 6. The topological polar surface area (TPSA) is 48.8 Å². The van der Waals surface area contributed by atoms with Crippen LogP contribution in [0.4, 0.5) is 0 Å². The second-order valence-corrected chi connectivity index (χ2v) is 3.61. The van der Waals surface area contributed by atoms with Crippen molar-refractivity contribution in [1.29, 1.82) is 0 Å². The van der Waals surface area contributed by atoms with Gasteiger partial charge in [0.15, 0.2) is 0 Å². The number of hydrogen-bond acceptors (Lipinski definition) is 1. The lowest BCUT2D eigenvalue weighted by Crippen LogP contribution is -1.97. The normalized spacial score (nSPS) is 11.8. The van der Waals surface area contributed by atoms with E-state index < -0.39 is 0 Å². The molecule has 0 aliphatic carbocycles. The monoisotopic (exact) mass is 203 g/mol. The van der Waals surface area contributed by atoms with Crippen LogP contribution in [0.25, 0.3) is 10.4 Å². The van der Waals surface area contributed by atoms with Crippen molar-refractivity contribution in [3.05, 3.63) is 46.3 Å². The van der Waals surface area contributed by atoms with Gasteiger partial charge in [0.25, 0.3) is 0 Å². The summed E-state index contributed by atoms with van der Waals surface area (Å²) in [7, 11) is 0. The third-order valence-electron chi connectivity index (χ3n) is 2.64. The van der Waals surface area contributed by atoms with E-state index in [0.717, 1.165) is 19.3 Å². The first-order valence-corrected chi connectivity index (χ1v) is 5.44. The van der Waals surface area contributed by atoms with E-state index in [1.54, 1.807) is 0 Å². The lowest BCUT2D eigenvalue weighted by molar-refractivity contribution is 0.580. The largest absolute Gasteiger partial charge is 0.0940 e. The third-order valence-corrected chi connectivity index (χ3v) is 2.64. The molecule has 3 nitrogen and oxygen atoms in total. The van der Waals surface area contributed by atoms with Gasteiger partial charge < -0.3 is 0 Å². The molecule has 0 fully saturated rings. The predicted molar refractivity (Wildman–Crippen MR) is 62.7 cm³/mol. The van der Waals surface area contributed by atoms with E-state index in [-0.39, 0.29) is 0 Å². The van der Waals surface area contributed by atoms with E-state index in [9.17, 15) is 0 Å². The summed E-state index contributed by atoms with van der Waals surface area (Å²) in [5, 5.41) is 3.55. The Kier molecular flexibility index (Phi) is 5.34. The van der Waals surface area contributed by atoms with Crippen molar-refractivity contribution in [3.8, 4) is 0 Å². The molecule has 1 atom stereocenters. The highest BCUT2D eigenvalue weighted by atomic mass is 15.1. The van der Waals surface area contributed by atoms with Gasteiger partial charge in [0.05, 0.1) is 0 Å². The van der Waals surface area contributed by atoms with Crippen molar-refractivity contribution < 1.29 is 0 Å². The lowest BCUT2D eigenvalue weighted by Gasteiger charge is -2.14. The van der Waals surface area contributed by atoms with Crippen molar-refractivity contribution in [2.75, 3.05) is 6.54 Å². The molecule has 1 aromatic carbocycles. The average Bonchev–Trinajstić information content (AvgIpc) is 2.30. The molecule has 3 heteroatoms. The van der Waals surface area contributed by atoms with Crippen LogP contribution >= 0.6 is 0 Å². The Morgan fingerprint density at radius 3 is 2.67 bits per heavy atom. The van der Waals surface area contributed by atoms with Crippen LogP contribution in [-0.2, 0) is 0 Å². The SMILES string of the molecule is CCC(CCCN=[N+]=[N-])c1ccccc1. The molecule has 80 valence electrons. The summed E-state index contributed by atoms with van der Waals surface area (Å²) in [4.78, 5) is 2.76. The molecular weight excluding hydrogens is 186 g/mol. The van der Waals surface area contributed by atoms with Crippen molar-refractivity contribution >= 4 is 0 Å². The van der Waals surface area contributed by atoms with Gasteiger partial charge in [-0.25, -0.2) is 0 Å². The molecule has 0 spiro atoms. The quantitative estimate of drug-likeness (QED) is 0.287. The first-order chi connectivity index (χ1) is 7.38. The molecule has 0 heterocycles. The first kappa shape index (κ1) is 11.6. The highest BCUT2D eigenvalue weighted by Gasteiger charge is 2.07. The molecule has 0 N–H and O–H groups in total. The van der Waals surface area contributed by atoms with Crippen LogP contribution in [0.1, 0.15) is 37.7 Å². The van der Waals surface area contributed by atoms with Crippen LogP contribution in [-0.4, -0.2) is 6.54 Å². The first-order valence-electron chi connectivity index (χ1n) is 5.44. The van der Waals surface area contributed by atoms with E-state index in [1.165, 1.54) is 5.56 Å². The van der Waals surface area contributed by atoms with Crippen LogP contribution in [0.15, 0.2) is 35.4 Å². The Labute approximate surface area is 90.8 Å². The highest BCUT2D eigenvalue weighted by Crippen LogP contribution is 2.24. The summed E-state index contributed by atoms with van der Waals surface area (Å²) in [6.07, 6.45) is 3.21. The fraction of sp³-hybridized carbons (Fsp3) is 0.500. The highest BCUT2D eigenvalue weighted by molar-refractivity contribution is 5.19. The van der Waals surface area contributed by atoms with Gasteiger partial charge in [-0.3, -0.25) is 0 Å². The maximum atomic E-state index is 8.16. The molecule has 15 heavy (non-hydrogen) atoms. The molecule has 0 bridgehead atoms. The number of benzene rings is 1. The zero-order valence-corrected chi connectivity index (χ0v) is 9.13. The zero-order chi connectivity index (χ0) is 10.9. The molecule has 0 saturated heterocycles. The smallest absolute Gasteiger partial charge is 0.0258 e. The fourth-order valence-corrected chi connectivity index (χ4v) is 1.78. The van der Waals surface area contributed by atoms with Gasteiger partial charge in [0.2, 0.25) is 0 Å². The fourth-order valence-electron chi connectivity index (χ4n) is 1.78. The van der Waals surface area contributed by atoms with Gasteiger partial charge >= 0.3 is 0 Å². The van der Waals surface area contributed by atoms with Crippen LogP contribution in [0.2, 0.25) is 0 Å². The Balaban J connectivity index is 2.46. The van der Waals surface area contributed by atoms with Crippen LogP contribution < -0.4 is 0 Å². The summed E-state index contributed by atoms with van der Waals surface area (Å²) >= 11 is 0. The van der Waals surface area contributed by atoms with Gasteiger partial charge in [0.1, 0.15) is 0 Å². The number of azide groups is 1. The Morgan fingerprint density at radius 1 is 1.33 bits per heavy atom. The van der Waals surface area contributed by atoms with E-state index in [1.807, 2.05) is 6.07 Å². The van der Waals surface area contributed by atoms with E-state index in [4.69, 9.17) is 5.53 Å². The summed E-state index contributed by atoms with van der Waals surface area (Å²) in [6.45, 7) is 2.81. The zero-order valence-electron chi connectivity index (χ0n) is 9.13. The molecule has 0 amide bonds. The molecule has 1 rings (SSSR count). The lowest BCUT2D eigenvalue weighted by atomic mass is 9.92. The standard InChI is InChI=1S/C12H17N3/c1-2-11(9-6-10-14-15-13)12-7-4-3-5-8-12/h3-5,7-8,11H,2,6,9-10H2,1H3. The maximum absolute atomic E-state index is 8.16. The van der Waals surface area contributed by atoms with Crippen LogP contribution in [0, 0.1) is 0 Å². The summed E-state index contributed by atoms with van der Waals surface area (Å²) in [5.74, 6) is 0.597. The molecule has 1 unspecified atom stereocenters. The predicted octanol–water partition coefficient (Wildman–Crippen LogP) is 4.27. The van der Waals surface area contributed by atoms with E-state index in [0.29, 0.717) is 12.5 Å². The summed E-state index contributed by atoms with van der Waals surface area (Å²) in [6, 6.07) is 10.5. The van der Waals surface area contributed by atoms with E-state index in [2.05, 4.69) is 41.2 Å². The minimum atomic E-state index is 0.597. The van der Waals surface area contributed by atoms with Crippen molar-refractivity contribution in [2.24, 2.45) is 5.11 Å². The van der Waals surface area contributed by atoms with Gasteiger partial charge in [-0.15, -0.1) is 0 Å². The Morgan fingerprint density at radius 2 is 2.07 bits per heavy atom. The summed E-state index contributed by atoms with van der Waals surface area (Å²) < 4.78 is 0. The molecular formula is C12H17N3. The molecule has 1 aromatic rings. The molecule has 0 radical (unpaired) electrons. The number of hydrogen-bond donors (Lipinski definition) is 0. The number of nitrogens with zero attached hydrogens (tertiary/aromatic N) is 3. The van der Waals surface area contributed by atoms with Crippen molar-refractivity contribution in [1.82, 2.24) is 0 Å². The van der Waals surface area contributed by atoms with Crippen molar-refractivity contribution in [2.45, 2.75) is 32.1 Å². The minimum absolute atomic E-state index is 0.597.